The predicted octanol–water partition coefficient (Wildman–Crippen LogP) is 5.41. The largest absolute Gasteiger partial charge is 0.497 e. The average molecular weight is 465 g/mol. The van der Waals surface area contributed by atoms with E-state index in [-0.39, 0.29) is 11.8 Å². The smallest absolute Gasteiger partial charge is 0.262 e. The van der Waals surface area contributed by atoms with Crippen LogP contribution in [0.25, 0.3) is 6.08 Å². The molecule has 0 fully saturated rings. The Labute approximate surface area is 195 Å². The summed E-state index contributed by atoms with van der Waals surface area (Å²) in [4.78, 5) is 26.6. The molecule has 3 aromatic rings. The second-order valence-electron chi connectivity index (χ2n) is 7.18. The Bertz CT molecular complexity index is 1170. The van der Waals surface area contributed by atoms with E-state index in [9.17, 15) is 9.59 Å². The number of halogens is 1. The quantitative estimate of drug-likeness (QED) is 0.479. The third-order valence-corrected chi connectivity index (χ3v) is 6.31. The maximum Gasteiger partial charge on any atom is 0.262 e. The van der Waals surface area contributed by atoms with Crippen LogP contribution in [0.5, 0.6) is 5.75 Å². The molecule has 0 atom stereocenters. The summed E-state index contributed by atoms with van der Waals surface area (Å²) in [6, 6.07) is 20.4. The third kappa shape index (κ3) is 5.33. The number of rotatable bonds is 6. The van der Waals surface area contributed by atoms with Crippen LogP contribution in [0.1, 0.15) is 21.5 Å². The van der Waals surface area contributed by atoms with E-state index in [0.717, 1.165) is 21.8 Å². The van der Waals surface area contributed by atoms with E-state index < -0.39 is 0 Å². The normalized spacial score (nSPS) is 13.9. The van der Waals surface area contributed by atoms with Gasteiger partial charge in [0.1, 0.15) is 5.75 Å². The number of fused-ring (bicyclic) bond motifs is 1. The summed E-state index contributed by atoms with van der Waals surface area (Å²) >= 11 is 7.28. The van der Waals surface area contributed by atoms with Gasteiger partial charge < -0.3 is 15.4 Å². The molecule has 0 unspecified atom stereocenters. The number of ether oxygens (including phenoxy) is 1. The molecular weight excluding hydrogens is 444 g/mol. The van der Waals surface area contributed by atoms with Crippen molar-refractivity contribution in [3.63, 3.8) is 0 Å². The zero-order chi connectivity index (χ0) is 22.5. The zero-order valence-corrected chi connectivity index (χ0v) is 18.9. The Morgan fingerprint density at radius 2 is 1.84 bits per heavy atom. The van der Waals surface area contributed by atoms with E-state index in [1.165, 1.54) is 11.8 Å². The zero-order valence-electron chi connectivity index (χ0n) is 17.4. The summed E-state index contributed by atoms with van der Waals surface area (Å²) in [5, 5.41) is 6.50. The molecule has 0 bridgehead atoms. The molecule has 2 N–H and O–H groups in total. The van der Waals surface area contributed by atoms with Crippen molar-refractivity contribution in [3.8, 4) is 5.75 Å². The van der Waals surface area contributed by atoms with Gasteiger partial charge in [0.05, 0.1) is 17.7 Å². The highest BCUT2D eigenvalue weighted by molar-refractivity contribution is 8.04. The first-order chi connectivity index (χ1) is 15.5. The summed E-state index contributed by atoms with van der Waals surface area (Å²) in [6.07, 6.45) is 2.54. The highest BCUT2D eigenvalue weighted by Crippen LogP contribution is 2.39. The van der Waals surface area contributed by atoms with Crippen LogP contribution in [-0.4, -0.2) is 25.5 Å². The van der Waals surface area contributed by atoms with Crippen molar-refractivity contribution >= 4 is 46.9 Å². The van der Waals surface area contributed by atoms with Gasteiger partial charge in [-0.05, 0) is 66.1 Å². The maximum absolute atomic E-state index is 12.6. The first-order valence-corrected chi connectivity index (χ1v) is 11.2. The van der Waals surface area contributed by atoms with Gasteiger partial charge in [-0.3, -0.25) is 9.59 Å². The van der Waals surface area contributed by atoms with Gasteiger partial charge in [0.15, 0.2) is 0 Å². The van der Waals surface area contributed by atoms with Crippen molar-refractivity contribution in [2.45, 2.75) is 11.3 Å². The van der Waals surface area contributed by atoms with E-state index in [1.807, 2.05) is 60.7 Å². The highest BCUT2D eigenvalue weighted by Gasteiger charge is 2.22. The molecule has 162 valence electrons. The molecule has 1 aliphatic heterocycles. The van der Waals surface area contributed by atoms with Crippen molar-refractivity contribution in [2.75, 3.05) is 19.0 Å². The number of carbonyl (C=O) groups excluding carboxylic acids is 2. The van der Waals surface area contributed by atoms with Crippen molar-refractivity contribution in [3.05, 3.63) is 93.3 Å². The molecule has 0 saturated heterocycles. The molecule has 0 radical (unpaired) electrons. The minimum Gasteiger partial charge on any atom is -0.497 e. The van der Waals surface area contributed by atoms with Gasteiger partial charge in [-0.25, -0.2) is 0 Å². The van der Waals surface area contributed by atoms with Gasteiger partial charge in [0, 0.05) is 22.0 Å². The molecule has 0 aliphatic carbocycles. The van der Waals surface area contributed by atoms with Crippen molar-refractivity contribution < 1.29 is 14.3 Å². The fourth-order valence-corrected chi connectivity index (χ4v) is 4.28. The number of hydrogen-bond acceptors (Lipinski definition) is 4. The Morgan fingerprint density at radius 3 is 2.56 bits per heavy atom. The van der Waals surface area contributed by atoms with Crippen LogP contribution >= 0.6 is 23.4 Å². The molecule has 0 saturated carbocycles. The van der Waals surface area contributed by atoms with Crippen LogP contribution in [0.2, 0.25) is 5.02 Å². The van der Waals surface area contributed by atoms with Crippen molar-refractivity contribution in [1.29, 1.82) is 0 Å². The molecule has 3 aromatic carbocycles. The Hall–Kier alpha value is -3.22. The number of hydrogen-bond donors (Lipinski definition) is 2. The molecule has 1 heterocycles. The molecule has 0 spiro atoms. The Balaban J connectivity index is 1.40. The van der Waals surface area contributed by atoms with Gasteiger partial charge in [0.2, 0.25) is 0 Å². The molecular formula is C25H21ClN2O3S. The summed E-state index contributed by atoms with van der Waals surface area (Å²) in [7, 11) is 1.61. The molecule has 4 rings (SSSR count). The van der Waals surface area contributed by atoms with Crippen LogP contribution < -0.4 is 15.4 Å². The number of benzene rings is 3. The van der Waals surface area contributed by atoms with E-state index in [2.05, 4.69) is 10.6 Å². The third-order valence-electron chi connectivity index (χ3n) is 4.96. The molecule has 32 heavy (non-hydrogen) atoms. The average Bonchev–Trinajstić information content (AvgIpc) is 2.81. The molecule has 2 amide bonds. The molecule has 0 aromatic heterocycles. The van der Waals surface area contributed by atoms with E-state index in [0.29, 0.717) is 34.1 Å². The minimum atomic E-state index is -0.196. The summed E-state index contributed by atoms with van der Waals surface area (Å²) in [5.41, 5.74) is 3.14. The lowest BCUT2D eigenvalue weighted by molar-refractivity contribution is -0.112. The van der Waals surface area contributed by atoms with E-state index in [4.69, 9.17) is 16.3 Å². The van der Waals surface area contributed by atoms with E-state index in [1.54, 1.807) is 19.2 Å². The monoisotopic (exact) mass is 464 g/mol. The fourth-order valence-electron chi connectivity index (χ4n) is 3.23. The number of amides is 2. The molecule has 1 aliphatic rings. The highest BCUT2D eigenvalue weighted by atomic mass is 35.5. The van der Waals surface area contributed by atoms with Crippen LogP contribution in [0.4, 0.5) is 5.69 Å². The first-order valence-electron chi connectivity index (χ1n) is 10.0. The summed E-state index contributed by atoms with van der Waals surface area (Å²) in [5.74, 6) is 0.386. The summed E-state index contributed by atoms with van der Waals surface area (Å²) in [6.45, 7) is 0.507. The molecule has 7 heteroatoms. The van der Waals surface area contributed by atoms with Gasteiger partial charge >= 0.3 is 0 Å². The fraction of sp³-hybridized carbons (Fsp3) is 0.120. The van der Waals surface area contributed by atoms with Crippen LogP contribution in [0, 0.1) is 0 Å². The first kappa shape index (κ1) is 22.0. The van der Waals surface area contributed by atoms with Crippen molar-refractivity contribution in [2.24, 2.45) is 0 Å². The van der Waals surface area contributed by atoms with Crippen LogP contribution in [0.3, 0.4) is 0 Å². The number of thioether (sulfide) groups is 1. The van der Waals surface area contributed by atoms with Crippen molar-refractivity contribution in [1.82, 2.24) is 5.32 Å². The lowest BCUT2D eigenvalue weighted by atomic mass is 10.1. The molecule has 5 nitrogen and oxygen atoms in total. The van der Waals surface area contributed by atoms with Gasteiger partial charge in [-0.1, -0.05) is 47.6 Å². The lowest BCUT2D eigenvalue weighted by Gasteiger charge is -2.19. The SMILES string of the molecule is COc1ccc(/C=C2/Sc3ccc(C(=O)NCCc4ccc(Cl)cc4)cc3NC2=O)cc1. The summed E-state index contributed by atoms with van der Waals surface area (Å²) < 4.78 is 5.17. The number of nitrogens with one attached hydrogen (secondary N) is 2. The number of methoxy groups -OCH3 is 1. The number of anilines is 1. The predicted molar refractivity (Wildman–Crippen MR) is 129 cm³/mol. The van der Waals surface area contributed by atoms with Gasteiger partial charge in [0.25, 0.3) is 11.8 Å². The Kier molecular flexibility index (Phi) is 6.83. The van der Waals surface area contributed by atoms with Gasteiger partial charge in [-0.15, -0.1) is 0 Å². The van der Waals surface area contributed by atoms with Crippen LogP contribution in [-0.2, 0) is 11.2 Å². The van der Waals surface area contributed by atoms with Crippen LogP contribution in [0.15, 0.2) is 76.5 Å². The standard InChI is InChI=1S/C25H21ClN2O3S/c1-31-20-9-4-17(5-10-20)14-23-25(30)28-21-15-18(6-11-22(21)32-23)24(29)27-13-12-16-2-7-19(26)8-3-16/h2-11,14-15H,12-13H2,1H3,(H,27,29)(H,28,30)/b23-14+. The maximum atomic E-state index is 12.6. The Morgan fingerprint density at radius 1 is 1.09 bits per heavy atom. The van der Waals surface area contributed by atoms with E-state index >= 15 is 0 Å². The lowest BCUT2D eigenvalue weighted by Crippen LogP contribution is -2.26. The number of carbonyl (C=O) groups is 2. The second kappa shape index (κ2) is 9.94. The second-order valence-corrected chi connectivity index (χ2v) is 8.70. The minimum absolute atomic E-state index is 0.180. The van der Waals surface area contributed by atoms with Gasteiger partial charge in [-0.2, -0.15) is 0 Å². The topological polar surface area (TPSA) is 67.4 Å².